The lowest BCUT2D eigenvalue weighted by Crippen LogP contribution is -2.34. The maximum Gasteiger partial charge on any atom is 0.306 e. The largest absolute Gasteiger partial charge is 0.469 e. The summed E-state index contributed by atoms with van der Waals surface area (Å²) in [5.74, 6) is -1.18. The lowest BCUT2D eigenvalue weighted by molar-refractivity contribution is -0.153. The lowest BCUT2D eigenvalue weighted by Gasteiger charge is -2.23. The van der Waals surface area contributed by atoms with E-state index in [0.717, 1.165) is 96.7 Å². The van der Waals surface area contributed by atoms with Gasteiger partial charge in [-0.3, -0.25) is 19.2 Å². The molecule has 11 heteroatoms. The van der Waals surface area contributed by atoms with E-state index >= 15 is 0 Å². The van der Waals surface area contributed by atoms with Crippen LogP contribution in [0.15, 0.2) is 12.5 Å². The number of hydrogen-bond acceptors (Lipinski definition) is 11. The van der Waals surface area contributed by atoms with Gasteiger partial charge in [0.2, 0.25) is 0 Å². The molecule has 0 spiro atoms. The first-order valence-electron chi connectivity index (χ1n) is 27.6. The summed E-state index contributed by atoms with van der Waals surface area (Å²) < 4.78 is 29.0. The second-order valence-electron chi connectivity index (χ2n) is 18.6. The molecule has 0 amide bonds. The predicted molar refractivity (Wildman–Crippen MR) is 271 cm³/mol. The molecule has 0 aliphatic carbocycles. The van der Waals surface area contributed by atoms with Gasteiger partial charge in [0.15, 0.2) is 12.0 Å². The van der Waals surface area contributed by atoms with Crippen LogP contribution in [0.4, 0.5) is 0 Å². The Balaban J connectivity index is 5.10. The minimum atomic E-state index is -0.796. The molecule has 0 radical (unpaired) electrons. The van der Waals surface area contributed by atoms with Gasteiger partial charge in [-0.05, 0) is 83.9 Å². The standard InChI is InChI=1S/C55H104N2O9/c1-8-14-18-22-26-30-36-49(37-31-27-23-19-15-9-2)65-54(60)42-34-40-52(58)62-46-51(64-48(7)56-44-45-57(12-5)13-6)47-63-53(59)41-35-43-55(61)66-50(38-32-28-24-20-16-10-3)39-33-29-25-21-17-11-4/h49-51,56H,7-47H2,1-6H3. The van der Waals surface area contributed by atoms with Gasteiger partial charge in [-0.2, -0.15) is 0 Å². The number of esters is 4. The number of rotatable bonds is 50. The first-order chi connectivity index (χ1) is 32.1. The van der Waals surface area contributed by atoms with E-state index in [4.69, 9.17) is 23.7 Å². The second kappa shape index (κ2) is 47.3. The van der Waals surface area contributed by atoms with Crippen molar-refractivity contribution in [2.45, 2.75) is 278 Å². The van der Waals surface area contributed by atoms with Crippen LogP contribution in [0.2, 0.25) is 0 Å². The van der Waals surface area contributed by atoms with Crippen LogP contribution >= 0.6 is 0 Å². The van der Waals surface area contributed by atoms with Crippen LogP contribution in [-0.4, -0.2) is 86.5 Å². The van der Waals surface area contributed by atoms with Crippen molar-refractivity contribution < 1.29 is 42.9 Å². The van der Waals surface area contributed by atoms with Gasteiger partial charge in [-0.1, -0.05) is 170 Å². The molecular weight excluding hydrogens is 833 g/mol. The van der Waals surface area contributed by atoms with Crippen LogP contribution in [-0.2, 0) is 42.9 Å². The van der Waals surface area contributed by atoms with Crippen LogP contribution in [0.1, 0.15) is 260 Å². The smallest absolute Gasteiger partial charge is 0.306 e. The molecule has 0 heterocycles. The number of ether oxygens (including phenoxy) is 5. The van der Waals surface area contributed by atoms with Gasteiger partial charge in [-0.15, -0.1) is 0 Å². The fourth-order valence-electron chi connectivity index (χ4n) is 8.15. The first-order valence-corrected chi connectivity index (χ1v) is 27.6. The fourth-order valence-corrected chi connectivity index (χ4v) is 8.15. The van der Waals surface area contributed by atoms with Crippen molar-refractivity contribution >= 4 is 23.9 Å². The number of unbranched alkanes of at least 4 members (excludes halogenated alkanes) is 20. The van der Waals surface area contributed by atoms with Gasteiger partial charge in [0.25, 0.3) is 0 Å². The Morgan fingerprint density at radius 2 is 0.727 bits per heavy atom. The Kier molecular flexibility index (Phi) is 45.2. The van der Waals surface area contributed by atoms with Crippen molar-refractivity contribution in [2.24, 2.45) is 0 Å². The van der Waals surface area contributed by atoms with Gasteiger partial charge < -0.3 is 33.9 Å². The number of hydrogen-bond donors (Lipinski definition) is 1. The molecule has 0 saturated carbocycles. The van der Waals surface area contributed by atoms with Crippen LogP contribution in [0.25, 0.3) is 0 Å². The molecule has 1 N–H and O–H groups in total. The number of likely N-dealkylation sites (N-methyl/N-ethyl adjacent to an activating group) is 1. The zero-order valence-electron chi connectivity index (χ0n) is 43.8. The molecule has 388 valence electrons. The maximum atomic E-state index is 12.9. The summed E-state index contributed by atoms with van der Waals surface area (Å²) in [6.07, 6.45) is 32.5. The van der Waals surface area contributed by atoms with Gasteiger partial charge in [0, 0.05) is 38.8 Å². The minimum Gasteiger partial charge on any atom is -0.469 e. The Hall–Kier alpha value is -2.82. The van der Waals surface area contributed by atoms with E-state index in [0.29, 0.717) is 19.4 Å². The third kappa shape index (κ3) is 41.4. The molecule has 66 heavy (non-hydrogen) atoms. The zero-order chi connectivity index (χ0) is 48.7. The third-order valence-electron chi connectivity index (χ3n) is 12.5. The van der Waals surface area contributed by atoms with Crippen molar-refractivity contribution in [3.8, 4) is 0 Å². The molecule has 0 aromatic heterocycles. The number of carbonyl (C=O) groups excluding carboxylic acids is 4. The van der Waals surface area contributed by atoms with Crippen LogP contribution < -0.4 is 5.32 Å². The average molecular weight is 937 g/mol. The van der Waals surface area contributed by atoms with Gasteiger partial charge in [0.1, 0.15) is 25.4 Å². The van der Waals surface area contributed by atoms with Crippen molar-refractivity contribution in [1.29, 1.82) is 0 Å². The molecule has 0 aromatic rings. The molecule has 0 saturated heterocycles. The SMILES string of the molecule is C=C(NCCN(CC)CC)OC(COC(=O)CCCC(=O)OC(CCCCCCCC)CCCCCCCC)COC(=O)CCCC(=O)OC(CCCCCCCC)CCCCCCCC. The van der Waals surface area contributed by atoms with Crippen LogP contribution in [0.5, 0.6) is 0 Å². The summed E-state index contributed by atoms with van der Waals surface area (Å²) >= 11 is 0. The molecule has 0 unspecified atom stereocenters. The highest BCUT2D eigenvalue weighted by Gasteiger charge is 2.20. The van der Waals surface area contributed by atoms with Crippen molar-refractivity contribution in [1.82, 2.24) is 10.2 Å². The van der Waals surface area contributed by atoms with E-state index in [9.17, 15) is 19.2 Å². The Labute approximate surface area is 405 Å². The van der Waals surface area contributed by atoms with E-state index in [1.165, 1.54) is 103 Å². The highest BCUT2D eigenvalue weighted by molar-refractivity contribution is 5.73. The molecule has 0 bridgehead atoms. The van der Waals surface area contributed by atoms with E-state index in [1.54, 1.807) is 0 Å². The average Bonchev–Trinajstić information content (AvgIpc) is 3.30. The molecule has 0 rings (SSSR count). The maximum absolute atomic E-state index is 12.9. The van der Waals surface area contributed by atoms with E-state index in [1.807, 2.05) is 0 Å². The minimum absolute atomic E-state index is 0.0546. The van der Waals surface area contributed by atoms with E-state index < -0.39 is 18.0 Å². The highest BCUT2D eigenvalue weighted by atomic mass is 16.6. The van der Waals surface area contributed by atoms with Gasteiger partial charge in [-0.25, -0.2) is 0 Å². The number of nitrogens with zero attached hydrogens (tertiary/aromatic N) is 1. The normalized spacial score (nSPS) is 11.4. The first kappa shape index (κ1) is 63.2. The Morgan fingerprint density at radius 1 is 0.409 bits per heavy atom. The Bertz CT molecular complexity index is 1060. The quantitative estimate of drug-likeness (QED) is 0.0271. The molecule has 0 atom stereocenters. The summed E-state index contributed by atoms with van der Waals surface area (Å²) in [6.45, 7) is 20.0. The third-order valence-corrected chi connectivity index (χ3v) is 12.5. The summed E-state index contributed by atoms with van der Waals surface area (Å²) in [4.78, 5) is 53.8. The number of carbonyl (C=O) groups is 4. The van der Waals surface area contributed by atoms with Gasteiger partial charge >= 0.3 is 23.9 Å². The second-order valence-corrected chi connectivity index (χ2v) is 18.6. The van der Waals surface area contributed by atoms with Crippen molar-refractivity contribution in [3.63, 3.8) is 0 Å². The molecular formula is C55H104N2O9. The van der Waals surface area contributed by atoms with E-state index in [2.05, 4.69) is 58.3 Å². The van der Waals surface area contributed by atoms with Crippen molar-refractivity contribution in [2.75, 3.05) is 39.4 Å². The summed E-state index contributed by atoms with van der Waals surface area (Å²) in [5, 5.41) is 3.17. The molecule has 0 aromatic carbocycles. The number of nitrogens with one attached hydrogen (secondary N) is 1. The summed E-state index contributed by atoms with van der Waals surface area (Å²) in [7, 11) is 0. The topological polar surface area (TPSA) is 130 Å². The van der Waals surface area contributed by atoms with Gasteiger partial charge in [0.05, 0.1) is 0 Å². The zero-order valence-corrected chi connectivity index (χ0v) is 43.8. The monoisotopic (exact) mass is 937 g/mol. The van der Waals surface area contributed by atoms with Crippen molar-refractivity contribution in [3.05, 3.63) is 12.5 Å². The van der Waals surface area contributed by atoms with Crippen LogP contribution in [0, 0.1) is 0 Å². The lowest BCUT2D eigenvalue weighted by atomic mass is 10.0. The van der Waals surface area contributed by atoms with Crippen LogP contribution in [0.3, 0.4) is 0 Å². The highest BCUT2D eigenvalue weighted by Crippen LogP contribution is 2.20. The molecule has 0 aliphatic heterocycles. The fraction of sp³-hybridized carbons (Fsp3) is 0.891. The Morgan fingerprint density at radius 3 is 1.06 bits per heavy atom. The molecule has 0 aliphatic rings. The molecule has 0 fully saturated rings. The van der Waals surface area contributed by atoms with E-state index in [-0.39, 0.29) is 68.9 Å². The predicted octanol–water partition coefficient (Wildman–Crippen LogP) is 14.0. The summed E-state index contributed by atoms with van der Waals surface area (Å²) in [5.41, 5.74) is 0. The molecule has 11 nitrogen and oxygen atoms in total. The summed E-state index contributed by atoms with van der Waals surface area (Å²) in [6, 6.07) is 0.